The Kier molecular flexibility index (Phi) is 4.35. The fourth-order valence-corrected chi connectivity index (χ4v) is 2.61. The molecule has 0 fully saturated rings. The minimum Gasteiger partial charge on any atom is -0.397 e. The maximum absolute atomic E-state index is 10.9. The van der Waals surface area contributed by atoms with E-state index < -0.39 is 0 Å². The van der Waals surface area contributed by atoms with Crippen LogP contribution in [0.1, 0.15) is 5.56 Å². The van der Waals surface area contributed by atoms with Crippen LogP contribution in [0.5, 0.6) is 0 Å². The molecule has 0 radical (unpaired) electrons. The Bertz CT molecular complexity index is 590. The summed E-state index contributed by atoms with van der Waals surface area (Å²) in [5.74, 6) is 0.735. The predicted molar refractivity (Wildman–Crippen MR) is 76.2 cm³/mol. The van der Waals surface area contributed by atoms with Crippen molar-refractivity contribution in [3.05, 3.63) is 58.4 Å². The number of aryl methyl sites for hydroxylation is 1. The molecule has 1 heterocycles. The number of anilines is 1. The zero-order valence-corrected chi connectivity index (χ0v) is 11.0. The second-order valence-electron chi connectivity index (χ2n) is 3.90. The molecule has 98 valence electrons. The average molecular weight is 275 g/mol. The first kappa shape index (κ1) is 13.4. The average Bonchev–Trinajstić information content (AvgIpc) is 2.41. The summed E-state index contributed by atoms with van der Waals surface area (Å²) in [7, 11) is 0. The zero-order chi connectivity index (χ0) is 13.7. The molecule has 0 saturated heterocycles. The number of nitrogens with zero attached hydrogens (tertiary/aromatic N) is 2. The molecule has 2 N–H and O–H groups in total. The van der Waals surface area contributed by atoms with Crippen LogP contribution in [0.3, 0.4) is 0 Å². The van der Waals surface area contributed by atoms with Gasteiger partial charge < -0.3 is 5.73 Å². The molecule has 19 heavy (non-hydrogen) atoms. The Morgan fingerprint density at radius 1 is 1.32 bits per heavy atom. The van der Waals surface area contributed by atoms with Gasteiger partial charge in [-0.25, -0.2) is 0 Å². The van der Waals surface area contributed by atoms with Gasteiger partial charge in [0.1, 0.15) is 0 Å². The number of benzene rings is 1. The molecule has 6 heteroatoms. The number of thioether (sulfide) groups is 1. The summed E-state index contributed by atoms with van der Waals surface area (Å²) >= 11 is 1.57. The quantitative estimate of drug-likeness (QED) is 0.515. The maximum atomic E-state index is 10.9. The van der Waals surface area contributed by atoms with Gasteiger partial charge in [0.25, 0.3) is 5.69 Å². The normalized spacial score (nSPS) is 10.3. The van der Waals surface area contributed by atoms with Gasteiger partial charge in [-0.15, -0.1) is 11.8 Å². The zero-order valence-electron chi connectivity index (χ0n) is 10.2. The van der Waals surface area contributed by atoms with Crippen molar-refractivity contribution in [2.45, 2.75) is 11.3 Å². The summed E-state index contributed by atoms with van der Waals surface area (Å²) in [6, 6.07) is 8.65. The molecular weight excluding hydrogens is 262 g/mol. The van der Waals surface area contributed by atoms with Gasteiger partial charge in [0.15, 0.2) is 0 Å². The van der Waals surface area contributed by atoms with E-state index in [2.05, 4.69) is 4.98 Å². The Balaban J connectivity index is 2.00. The van der Waals surface area contributed by atoms with Crippen LogP contribution in [0, 0.1) is 10.1 Å². The fraction of sp³-hybridized carbons (Fsp3) is 0.154. The van der Waals surface area contributed by atoms with Crippen molar-refractivity contribution >= 4 is 23.1 Å². The summed E-state index contributed by atoms with van der Waals surface area (Å²) in [4.78, 5) is 15.4. The number of para-hydroxylation sites is 1. The van der Waals surface area contributed by atoms with Gasteiger partial charge >= 0.3 is 0 Å². The minimum atomic E-state index is -0.346. The van der Waals surface area contributed by atoms with E-state index in [0.29, 0.717) is 12.1 Å². The lowest BCUT2D eigenvalue weighted by Gasteiger charge is -2.05. The third kappa shape index (κ3) is 3.45. The molecule has 0 aliphatic carbocycles. The van der Waals surface area contributed by atoms with Crippen LogP contribution in [0.25, 0.3) is 0 Å². The predicted octanol–water partition coefficient (Wildman–Crippen LogP) is 2.91. The number of hydrogen-bond donors (Lipinski definition) is 1. The third-order valence-corrected chi connectivity index (χ3v) is 3.72. The number of aromatic nitrogens is 1. The van der Waals surface area contributed by atoms with Crippen LogP contribution in [-0.4, -0.2) is 15.7 Å². The summed E-state index contributed by atoms with van der Waals surface area (Å²) < 4.78 is 0. The van der Waals surface area contributed by atoms with Crippen LogP contribution in [0.4, 0.5) is 11.4 Å². The van der Waals surface area contributed by atoms with Crippen LogP contribution in [0.2, 0.25) is 0 Å². The topological polar surface area (TPSA) is 82.0 Å². The Morgan fingerprint density at radius 2 is 2.11 bits per heavy atom. The van der Waals surface area contributed by atoms with Crippen LogP contribution in [0.15, 0.2) is 47.6 Å². The van der Waals surface area contributed by atoms with Crippen LogP contribution < -0.4 is 5.73 Å². The Hall–Kier alpha value is -2.08. The summed E-state index contributed by atoms with van der Waals surface area (Å²) in [5, 5.41) is 10.9. The van der Waals surface area contributed by atoms with E-state index in [1.54, 1.807) is 36.3 Å². The lowest BCUT2D eigenvalue weighted by molar-refractivity contribution is -0.385. The second-order valence-corrected chi connectivity index (χ2v) is 5.03. The molecule has 2 aromatic rings. The molecule has 0 bridgehead atoms. The van der Waals surface area contributed by atoms with Crippen molar-refractivity contribution in [3.63, 3.8) is 0 Å². The minimum absolute atomic E-state index is 0.172. The number of nitro benzene ring substituents is 1. The molecular formula is C13H13N3O2S. The van der Waals surface area contributed by atoms with Gasteiger partial charge in [0.2, 0.25) is 0 Å². The van der Waals surface area contributed by atoms with Gasteiger partial charge in [-0.3, -0.25) is 15.1 Å². The number of hydrogen-bond acceptors (Lipinski definition) is 5. The van der Waals surface area contributed by atoms with Gasteiger partial charge in [-0.2, -0.15) is 0 Å². The fourth-order valence-electron chi connectivity index (χ4n) is 1.70. The van der Waals surface area contributed by atoms with Gasteiger partial charge in [0.05, 0.1) is 16.8 Å². The number of nitro groups is 1. The van der Waals surface area contributed by atoms with E-state index >= 15 is 0 Å². The Labute approximate surface area is 115 Å². The SMILES string of the molecule is Nc1cnccc1SCCc1ccccc1[N+](=O)[O-]. The number of rotatable bonds is 5. The van der Waals surface area contributed by atoms with Crippen molar-refractivity contribution in [2.24, 2.45) is 0 Å². The third-order valence-electron chi connectivity index (χ3n) is 2.63. The Morgan fingerprint density at radius 3 is 2.84 bits per heavy atom. The lowest BCUT2D eigenvalue weighted by Crippen LogP contribution is -1.97. The molecule has 0 atom stereocenters. The first-order valence-electron chi connectivity index (χ1n) is 5.73. The highest BCUT2D eigenvalue weighted by molar-refractivity contribution is 7.99. The first-order chi connectivity index (χ1) is 9.18. The molecule has 0 amide bonds. The van der Waals surface area contributed by atoms with E-state index in [-0.39, 0.29) is 10.6 Å². The highest BCUT2D eigenvalue weighted by Crippen LogP contribution is 2.26. The molecule has 0 aliphatic rings. The molecule has 1 aromatic heterocycles. The van der Waals surface area contributed by atoms with E-state index in [4.69, 9.17) is 5.73 Å². The second kappa shape index (κ2) is 6.19. The van der Waals surface area contributed by atoms with Crippen molar-refractivity contribution in [3.8, 4) is 0 Å². The standard InChI is InChI=1S/C13H13N3O2S/c14-11-9-15-7-5-13(11)19-8-6-10-3-1-2-4-12(10)16(17)18/h1-5,7,9H,6,8,14H2. The number of nitrogen functional groups attached to an aromatic ring is 1. The van der Waals surface area contributed by atoms with E-state index in [1.807, 2.05) is 12.1 Å². The van der Waals surface area contributed by atoms with Crippen molar-refractivity contribution < 1.29 is 4.92 Å². The monoisotopic (exact) mass is 275 g/mol. The van der Waals surface area contributed by atoms with Gasteiger partial charge in [-0.05, 0) is 12.5 Å². The van der Waals surface area contributed by atoms with E-state index in [9.17, 15) is 10.1 Å². The summed E-state index contributed by atoms with van der Waals surface area (Å²) in [6.07, 6.45) is 3.92. The summed E-state index contributed by atoms with van der Waals surface area (Å²) in [5.41, 5.74) is 7.34. The highest BCUT2D eigenvalue weighted by Gasteiger charge is 2.11. The van der Waals surface area contributed by atoms with Gasteiger partial charge in [-0.1, -0.05) is 18.2 Å². The molecule has 0 saturated carbocycles. The maximum Gasteiger partial charge on any atom is 0.272 e. The van der Waals surface area contributed by atoms with Gasteiger partial charge in [0, 0.05) is 28.5 Å². The number of nitrogens with two attached hydrogens (primary N) is 1. The summed E-state index contributed by atoms with van der Waals surface area (Å²) in [6.45, 7) is 0. The molecule has 0 spiro atoms. The lowest BCUT2D eigenvalue weighted by atomic mass is 10.1. The van der Waals surface area contributed by atoms with Crippen molar-refractivity contribution in [2.75, 3.05) is 11.5 Å². The molecule has 5 nitrogen and oxygen atoms in total. The van der Waals surface area contributed by atoms with E-state index in [0.717, 1.165) is 16.2 Å². The number of pyridine rings is 1. The van der Waals surface area contributed by atoms with Crippen molar-refractivity contribution in [1.29, 1.82) is 0 Å². The highest BCUT2D eigenvalue weighted by atomic mass is 32.2. The van der Waals surface area contributed by atoms with E-state index in [1.165, 1.54) is 6.07 Å². The first-order valence-corrected chi connectivity index (χ1v) is 6.71. The largest absolute Gasteiger partial charge is 0.397 e. The molecule has 2 rings (SSSR count). The van der Waals surface area contributed by atoms with Crippen molar-refractivity contribution in [1.82, 2.24) is 4.98 Å². The molecule has 0 aliphatic heterocycles. The van der Waals surface area contributed by atoms with Crippen LogP contribution in [-0.2, 0) is 6.42 Å². The smallest absolute Gasteiger partial charge is 0.272 e. The molecule has 0 unspecified atom stereocenters. The van der Waals surface area contributed by atoms with Crippen LogP contribution >= 0.6 is 11.8 Å². The molecule has 1 aromatic carbocycles.